The molecule has 32 heavy (non-hydrogen) atoms. The van der Waals surface area contributed by atoms with Crippen LogP contribution in [0.1, 0.15) is 16.8 Å². The van der Waals surface area contributed by atoms with Crippen molar-refractivity contribution >= 4 is 16.8 Å². The fourth-order valence-electron chi connectivity index (χ4n) is 3.94. The molecule has 0 bridgehead atoms. The summed E-state index contributed by atoms with van der Waals surface area (Å²) in [6, 6.07) is 15.1. The van der Waals surface area contributed by atoms with Gasteiger partial charge in [-0.3, -0.25) is 9.69 Å². The van der Waals surface area contributed by atoms with E-state index in [0.717, 1.165) is 55.7 Å². The van der Waals surface area contributed by atoms with E-state index in [0.29, 0.717) is 29.3 Å². The molecule has 2 aromatic carbocycles. The maximum atomic E-state index is 13.1. The number of nitrogens with one attached hydrogen (secondary N) is 1. The molecular weight excluding hydrogens is 406 g/mol. The van der Waals surface area contributed by atoms with E-state index in [1.54, 1.807) is 14.2 Å². The SMILES string of the molecule is COc1ccc(-c2cc(C(=O)NCCCN3CCOCC3)c3ccccc3n2)c(OC)c1. The first-order valence-electron chi connectivity index (χ1n) is 10.9. The predicted molar refractivity (Wildman–Crippen MR) is 124 cm³/mol. The Bertz CT molecular complexity index is 1080. The standard InChI is InChI=1S/C25H29N3O4/c1-30-18-8-9-20(24(16-18)31-2)23-17-21(19-6-3-4-7-22(19)27-23)25(29)26-10-5-11-28-12-14-32-15-13-28/h3-4,6-9,16-17H,5,10-15H2,1-2H3,(H,26,29). The zero-order valence-electron chi connectivity index (χ0n) is 18.6. The van der Waals surface area contributed by atoms with Gasteiger partial charge in [0.2, 0.25) is 0 Å². The van der Waals surface area contributed by atoms with Gasteiger partial charge in [-0.05, 0) is 37.2 Å². The Morgan fingerprint density at radius 1 is 1.09 bits per heavy atom. The van der Waals surface area contributed by atoms with Crippen molar-refractivity contribution < 1.29 is 19.0 Å². The molecule has 7 heteroatoms. The first kappa shape index (κ1) is 22.0. The molecule has 0 radical (unpaired) electrons. The predicted octanol–water partition coefficient (Wildman–Crippen LogP) is 3.37. The van der Waals surface area contributed by atoms with Crippen molar-refractivity contribution in [1.82, 2.24) is 15.2 Å². The summed E-state index contributed by atoms with van der Waals surface area (Å²) in [5.41, 5.74) is 2.86. The van der Waals surface area contributed by atoms with E-state index < -0.39 is 0 Å². The zero-order chi connectivity index (χ0) is 22.3. The van der Waals surface area contributed by atoms with Crippen molar-refractivity contribution in [1.29, 1.82) is 0 Å². The Hall–Kier alpha value is -3.16. The quantitative estimate of drug-likeness (QED) is 0.547. The van der Waals surface area contributed by atoms with Crippen LogP contribution in [0.5, 0.6) is 11.5 Å². The smallest absolute Gasteiger partial charge is 0.252 e. The number of carbonyl (C=O) groups excluding carboxylic acids is 1. The van der Waals surface area contributed by atoms with E-state index >= 15 is 0 Å². The van der Waals surface area contributed by atoms with E-state index in [-0.39, 0.29) is 5.91 Å². The number of rotatable bonds is 8. The fourth-order valence-corrected chi connectivity index (χ4v) is 3.94. The van der Waals surface area contributed by atoms with Crippen LogP contribution in [-0.2, 0) is 4.74 Å². The van der Waals surface area contributed by atoms with Crippen LogP contribution in [0, 0.1) is 0 Å². The maximum absolute atomic E-state index is 13.1. The summed E-state index contributed by atoms with van der Waals surface area (Å²) in [6.07, 6.45) is 0.897. The van der Waals surface area contributed by atoms with Gasteiger partial charge in [-0.2, -0.15) is 0 Å². The van der Waals surface area contributed by atoms with Crippen LogP contribution in [0.15, 0.2) is 48.5 Å². The van der Waals surface area contributed by atoms with Gasteiger partial charge in [0.05, 0.1) is 44.2 Å². The van der Waals surface area contributed by atoms with Crippen LogP contribution in [-0.4, -0.2) is 69.4 Å². The van der Waals surface area contributed by atoms with Gasteiger partial charge in [0.1, 0.15) is 11.5 Å². The minimum Gasteiger partial charge on any atom is -0.497 e. The van der Waals surface area contributed by atoms with Crippen molar-refractivity contribution in [3.8, 4) is 22.8 Å². The van der Waals surface area contributed by atoms with Crippen LogP contribution in [0.2, 0.25) is 0 Å². The van der Waals surface area contributed by atoms with Crippen molar-refractivity contribution in [3.63, 3.8) is 0 Å². The van der Waals surface area contributed by atoms with E-state index in [1.807, 2.05) is 48.5 Å². The lowest BCUT2D eigenvalue weighted by molar-refractivity contribution is 0.0374. The molecule has 0 atom stereocenters. The molecule has 4 rings (SSSR count). The average Bonchev–Trinajstić information content (AvgIpc) is 2.86. The average molecular weight is 436 g/mol. The number of methoxy groups -OCH3 is 2. The number of hydrogen-bond donors (Lipinski definition) is 1. The largest absolute Gasteiger partial charge is 0.497 e. The first-order valence-corrected chi connectivity index (χ1v) is 10.9. The van der Waals surface area contributed by atoms with Gasteiger partial charge in [0.25, 0.3) is 5.91 Å². The van der Waals surface area contributed by atoms with Crippen LogP contribution in [0.3, 0.4) is 0 Å². The highest BCUT2D eigenvalue weighted by molar-refractivity contribution is 6.07. The summed E-state index contributed by atoms with van der Waals surface area (Å²) in [4.78, 5) is 20.3. The third-order valence-electron chi connectivity index (χ3n) is 5.69. The molecule has 0 aliphatic carbocycles. The molecule has 0 saturated carbocycles. The fraction of sp³-hybridized carbons (Fsp3) is 0.360. The highest BCUT2D eigenvalue weighted by atomic mass is 16.5. The van der Waals surface area contributed by atoms with Gasteiger partial charge in [0, 0.05) is 36.7 Å². The van der Waals surface area contributed by atoms with Gasteiger partial charge < -0.3 is 19.5 Å². The van der Waals surface area contributed by atoms with Crippen molar-refractivity contribution in [2.45, 2.75) is 6.42 Å². The van der Waals surface area contributed by atoms with Crippen LogP contribution >= 0.6 is 0 Å². The number of benzene rings is 2. The van der Waals surface area contributed by atoms with Gasteiger partial charge in [-0.1, -0.05) is 18.2 Å². The van der Waals surface area contributed by atoms with E-state index in [2.05, 4.69) is 10.2 Å². The second-order valence-electron chi connectivity index (χ2n) is 7.70. The van der Waals surface area contributed by atoms with E-state index in [1.165, 1.54) is 0 Å². The number of fused-ring (bicyclic) bond motifs is 1. The number of amides is 1. The van der Waals surface area contributed by atoms with E-state index in [9.17, 15) is 4.79 Å². The molecule has 168 valence electrons. The number of aromatic nitrogens is 1. The summed E-state index contributed by atoms with van der Waals surface area (Å²) in [6.45, 7) is 5.05. The molecule has 2 heterocycles. The number of para-hydroxylation sites is 1. The number of morpholine rings is 1. The lowest BCUT2D eigenvalue weighted by Crippen LogP contribution is -2.38. The summed E-state index contributed by atoms with van der Waals surface area (Å²) in [7, 11) is 3.23. The van der Waals surface area contributed by atoms with Gasteiger partial charge in [-0.15, -0.1) is 0 Å². The maximum Gasteiger partial charge on any atom is 0.252 e. The number of pyridine rings is 1. The topological polar surface area (TPSA) is 72.9 Å². The summed E-state index contributed by atoms with van der Waals surface area (Å²) in [5.74, 6) is 1.24. The Kier molecular flexibility index (Phi) is 7.19. The lowest BCUT2D eigenvalue weighted by atomic mass is 10.0. The first-order chi connectivity index (χ1) is 15.7. The van der Waals surface area contributed by atoms with E-state index in [4.69, 9.17) is 19.2 Å². The molecule has 1 aliphatic heterocycles. The number of ether oxygens (including phenoxy) is 3. The van der Waals surface area contributed by atoms with Crippen molar-refractivity contribution in [2.75, 3.05) is 53.6 Å². The number of hydrogen-bond acceptors (Lipinski definition) is 6. The summed E-state index contributed by atoms with van der Waals surface area (Å²) < 4.78 is 16.2. The third kappa shape index (κ3) is 5.00. The second kappa shape index (κ2) is 10.4. The number of carbonyl (C=O) groups is 1. The van der Waals surface area contributed by atoms with Crippen molar-refractivity contribution in [3.05, 3.63) is 54.1 Å². The summed E-state index contributed by atoms with van der Waals surface area (Å²) in [5, 5.41) is 3.91. The molecule has 1 saturated heterocycles. The minimum absolute atomic E-state index is 0.0979. The van der Waals surface area contributed by atoms with Crippen molar-refractivity contribution in [2.24, 2.45) is 0 Å². The molecular formula is C25H29N3O4. The minimum atomic E-state index is -0.0979. The molecule has 3 aromatic rings. The zero-order valence-corrected chi connectivity index (χ0v) is 18.6. The lowest BCUT2D eigenvalue weighted by Gasteiger charge is -2.26. The Labute approximate surface area is 188 Å². The molecule has 1 N–H and O–H groups in total. The molecule has 0 spiro atoms. The molecule has 1 amide bonds. The second-order valence-corrected chi connectivity index (χ2v) is 7.70. The Morgan fingerprint density at radius 2 is 1.91 bits per heavy atom. The molecule has 1 fully saturated rings. The Balaban J connectivity index is 1.56. The van der Waals surface area contributed by atoms with Gasteiger partial charge in [0.15, 0.2) is 0 Å². The molecule has 1 aliphatic rings. The number of nitrogens with zero attached hydrogens (tertiary/aromatic N) is 2. The van der Waals surface area contributed by atoms with Crippen LogP contribution in [0.25, 0.3) is 22.2 Å². The summed E-state index contributed by atoms with van der Waals surface area (Å²) >= 11 is 0. The highest BCUT2D eigenvalue weighted by Gasteiger charge is 2.17. The third-order valence-corrected chi connectivity index (χ3v) is 5.69. The highest BCUT2D eigenvalue weighted by Crippen LogP contribution is 2.34. The van der Waals surface area contributed by atoms with Crippen LogP contribution in [0.4, 0.5) is 0 Å². The van der Waals surface area contributed by atoms with Gasteiger partial charge >= 0.3 is 0 Å². The van der Waals surface area contributed by atoms with Gasteiger partial charge in [-0.25, -0.2) is 4.98 Å². The monoisotopic (exact) mass is 435 g/mol. The normalized spacial score (nSPS) is 14.3. The molecule has 0 unspecified atom stereocenters. The molecule has 7 nitrogen and oxygen atoms in total. The molecule has 1 aromatic heterocycles. The van der Waals surface area contributed by atoms with Crippen LogP contribution < -0.4 is 14.8 Å². The Morgan fingerprint density at radius 3 is 2.69 bits per heavy atom.